The van der Waals surface area contributed by atoms with E-state index in [1.807, 2.05) is 78.9 Å². The smallest absolute Gasteiger partial charge is 0.290 e. The predicted octanol–water partition coefficient (Wildman–Crippen LogP) is 5.51. The molecule has 0 bridgehead atoms. The molecule has 0 aromatic heterocycles. The molecule has 0 radical (unpaired) electrons. The first-order valence-electron chi connectivity index (χ1n) is 9.26. The van der Waals surface area contributed by atoms with Gasteiger partial charge < -0.3 is 14.7 Å². The van der Waals surface area contributed by atoms with Gasteiger partial charge in [-0.1, -0.05) is 70.5 Å². The zero-order valence-corrected chi connectivity index (χ0v) is 17.5. The molecule has 1 amide bonds. The van der Waals surface area contributed by atoms with Crippen molar-refractivity contribution in [2.45, 2.75) is 12.6 Å². The zero-order chi connectivity index (χ0) is 20.4. The van der Waals surface area contributed by atoms with E-state index in [4.69, 9.17) is 4.74 Å². The number of hydrogen-bond donors (Lipinski definition) is 1. The summed E-state index contributed by atoms with van der Waals surface area (Å²) in [4.78, 5) is 14.8. The second-order valence-electron chi connectivity index (χ2n) is 6.87. The first kappa shape index (κ1) is 19.3. The van der Waals surface area contributed by atoms with E-state index in [-0.39, 0.29) is 11.7 Å². The van der Waals surface area contributed by atoms with Gasteiger partial charge in [0.1, 0.15) is 5.75 Å². The van der Waals surface area contributed by atoms with Crippen LogP contribution in [0.4, 0.5) is 0 Å². The minimum atomic E-state index is -0.395. The number of carbonyl (C=O) groups excluding carboxylic acids is 1. The number of aliphatic hydroxyl groups excluding tert-OH is 1. The number of hydrogen-bond acceptors (Lipinski definition) is 3. The van der Waals surface area contributed by atoms with Crippen LogP contribution in [0.5, 0.6) is 5.75 Å². The van der Waals surface area contributed by atoms with E-state index >= 15 is 0 Å². The molecule has 1 N–H and O–H groups in total. The summed E-state index contributed by atoms with van der Waals surface area (Å²) in [6.45, 7) is 0.403. The second kappa shape index (κ2) is 8.13. The van der Waals surface area contributed by atoms with Crippen LogP contribution in [0.25, 0.3) is 5.57 Å². The second-order valence-corrected chi connectivity index (χ2v) is 7.78. The van der Waals surface area contributed by atoms with Gasteiger partial charge in [0.15, 0.2) is 5.76 Å². The van der Waals surface area contributed by atoms with Gasteiger partial charge in [0, 0.05) is 16.6 Å². The van der Waals surface area contributed by atoms with Gasteiger partial charge in [0.05, 0.1) is 13.2 Å². The summed E-state index contributed by atoms with van der Waals surface area (Å²) in [7, 11) is 1.61. The van der Waals surface area contributed by atoms with Gasteiger partial charge in [-0.3, -0.25) is 4.79 Å². The van der Waals surface area contributed by atoms with Crippen molar-refractivity contribution in [3.63, 3.8) is 0 Å². The molecule has 3 aromatic rings. The SMILES string of the molecule is COc1ccc(C2=C(O)C(=O)N(Cc3ccccc3)[C@H]2c2cccc(Br)c2)cc1. The fraction of sp³-hybridized carbons (Fsp3) is 0.125. The molecule has 0 spiro atoms. The number of ether oxygens (including phenoxy) is 1. The maximum Gasteiger partial charge on any atom is 0.290 e. The molecule has 4 nitrogen and oxygen atoms in total. The van der Waals surface area contributed by atoms with Crippen molar-refractivity contribution >= 4 is 27.4 Å². The van der Waals surface area contributed by atoms with Crippen LogP contribution in [0.15, 0.2) is 89.1 Å². The number of carbonyl (C=O) groups is 1. The van der Waals surface area contributed by atoms with E-state index in [0.717, 1.165) is 26.9 Å². The van der Waals surface area contributed by atoms with Crippen molar-refractivity contribution in [3.8, 4) is 5.75 Å². The fourth-order valence-corrected chi connectivity index (χ4v) is 4.10. The summed E-state index contributed by atoms with van der Waals surface area (Å²) in [6.07, 6.45) is 0. The Morgan fingerprint density at radius 1 is 1.00 bits per heavy atom. The normalized spacial score (nSPS) is 16.4. The van der Waals surface area contributed by atoms with Crippen molar-refractivity contribution in [3.05, 3.63) is 106 Å². The Balaban J connectivity index is 1.81. The molecule has 146 valence electrons. The Hall–Kier alpha value is -3.05. The van der Waals surface area contributed by atoms with Crippen LogP contribution >= 0.6 is 15.9 Å². The monoisotopic (exact) mass is 449 g/mol. The Labute approximate surface area is 178 Å². The number of benzene rings is 3. The first-order valence-corrected chi connectivity index (χ1v) is 10.1. The molecule has 1 heterocycles. The highest BCUT2D eigenvalue weighted by Crippen LogP contribution is 2.44. The molecule has 0 saturated heterocycles. The van der Waals surface area contributed by atoms with Gasteiger partial charge in [0.2, 0.25) is 0 Å². The molecule has 3 aromatic carbocycles. The van der Waals surface area contributed by atoms with Gasteiger partial charge >= 0.3 is 0 Å². The summed E-state index contributed by atoms with van der Waals surface area (Å²) in [6, 6.07) is 24.6. The van der Waals surface area contributed by atoms with Crippen molar-refractivity contribution in [2.24, 2.45) is 0 Å². The lowest BCUT2D eigenvalue weighted by atomic mass is 9.93. The van der Waals surface area contributed by atoms with Crippen LogP contribution in [0.3, 0.4) is 0 Å². The van der Waals surface area contributed by atoms with E-state index in [2.05, 4.69) is 15.9 Å². The summed E-state index contributed by atoms with van der Waals surface area (Å²) < 4.78 is 6.16. The van der Waals surface area contributed by atoms with Crippen LogP contribution < -0.4 is 4.74 Å². The largest absolute Gasteiger partial charge is 0.503 e. The van der Waals surface area contributed by atoms with Crippen molar-refractivity contribution in [1.29, 1.82) is 0 Å². The van der Waals surface area contributed by atoms with Crippen LogP contribution in [-0.4, -0.2) is 23.0 Å². The third-order valence-corrected chi connectivity index (χ3v) is 5.56. The number of rotatable bonds is 5. The zero-order valence-electron chi connectivity index (χ0n) is 15.9. The molecule has 0 aliphatic carbocycles. The Kier molecular flexibility index (Phi) is 5.41. The predicted molar refractivity (Wildman–Crippen MR) is 116 cm³/mol. The standard InChI is InChI=1S/C24H20BrNO3/c1-29-20-12-10-17(11-13-20)21-22(18-8-5-9-19(25)14-18)26(24(28)23(21)27)15-16-6-3-2-4-7-16/h2-14,22,27H,15H2,1H3/t22-/m0/s1. The van der Waals surface area contributed by atoms with Gasteiger partial charge in [0.25, 0.3) is 5.91 Å². The number of halogens is 1. The topological polar surface area (TPSA) is 49.8 Å². The van der Waals surface area contributed by atoms with Crippen LogP contribution in [0, 0.1) is 0 Å². The lowest BCUT2D eigenvalue weighted by molar-refractivity contribution is -0.130. The quantitative estimate of drug-likeness (QED) is 0.558. The Bertz CT molecular complexity index is 1060. The highest BCUT2D eigenvalue weighted by Gasteiger charge is 2.41. The minimum absolute atomic E-state index is 0.212. The van der Waals surface area contributed by atoms with Gasteiger partial charge in [-0.05, 0) is 41.0 Å². The summed E-state index contributed by atoms with van der Waals surface area (Å²) in [5.41, 5.74) is 3.33. The summed E-state index contributed by atoms with van der Waals surface area (Å²) >= 11 is 3.52. The molecule has 29 heavy (non-hydrogen) atoms. The van der Waals surface area contributed by atoms with Crippen LogP contribution in [0.2, 0.25) is 0 Å². The number of amides is 1. The fourth-order valence-electron chi connectivity index (χ4n) is 3.69. The minimum Gasteiger partial charge on any atom is -0.503 e. The molecule has 1 aliphatic heterocycles. The van der Waals surface area contributed by atoms with Crippen molar-refractivity contribution in [1.82, 2.24) is 4.90 Å². The summed E-state index contributed by atoms with van der Waals surface area (Å²) in [5, 5.41) is 10.8. The summed E-state index contributed by atoms with van der Waals surface area (Å²) in [5.74, 6) is 0.138. The molecule has 4 rings (SSSR count). The van der Waals surface area contributed by atoms with Gasteiger partial charge in [-0.2, -0.15) is 0 Å². The molecule has 0 unspecified atom stereocenters. The van der Waals surface area contributed by atoms with E-state index in [0.29, 0.717) is 12.1 Å². The van der Waals surface area contributed by atoms with E-state index in [1.165, 1.54) is 0 Å². The molecule has 0 saturated carbocycles. The van der Waals surface area contributed by atoms with Gasteiger partial charge in [-0.25, -0.2) is 0 Å². The molecule has 0 fully saturated rings. The van der Waals surface area contributed by atoms with Crippen LogP contribution in [0.1, 0.15) is 22.7 Å². The maximum absolute atomic E-state index is 13.1. The molecule has 1 aliphatic rings. The lowest BCUT2D eigenvalue weighted by Gasteiger charge is -2.27. The average Bonchev–Trinajstić information content (AvgIpc) is 2.99. The Morgan fingerprint density at radius 2 is 1.72 bits per heavy atom. The number of methoxy groups -OCH3 is 1. The molecular formula is C24H20BrNO3. The third-order valence-electron chi connectivity index (χ3n) is 5.06. The van der Waals surface area contributed by atoms with Gasteiger partial charge in [-0.15, -0.1) is 0 Å². The van der Waals surface area contributed by atoms with E-state index in [9.17, 15) is 9.90 Å². The highest BCUT2D eigenvalue weighted by molar-refractivity contribution is 9.10. The number of nitrogens with zero attached hydrogens (tertiary/aromatic N) is 1. The first-order chi connectivity index (χ1) is 14.1. The average molecular weight is 450 g/mol. The molecule has 5 heteroatoms. The maximum atomic E-state index is 13.1. The van der Waals surface area contributed by atoms with E-state index < -0.39 is 6.04 Å². The Morgan fingerprint density at radius 3 is 2.38 bits per heavy atom. The molecular weight excluding hydrogens is 430 g/mol. The highest BCUT2D eigenvalue weighted by atomic mass is 79.9. The lowest BCUT2D eigenvalue weighted by Crippen LogP contribution is -2.29. The third kappa shape index (κ3) is 3.78. The van der Waals surface area contributed by atoms with E-state index in [1.54, 1.807) is 12.0 Å². The number of aliphatic hydroxyl groups is 1. The van der Waals surface area contributed by atoms with Crippen molar-refractivity contribution < 1.29 is 14.6 Å². The van der Waals surface area contributed by atoms with Crippen LogP contribution in [-0.2, 0) is 11.3 Å². The molecule has 1 atom stereocenters. The van der Waals surface area contributed by atoms with Crippen molar-refractivity contribution in [2.75, 3.05) is 7.11 Å².